The predicted octanol–water partition coefficient (Wildman–Crippen LogP) is 5.85. The van der Waals surface area contributed by atoms with Crippen molar-refractivity contribution in [3.63, 3.8) is 0 Å². The Balaban J connectivity index is 1.74. The minimum Gasteiger partial charge on any atom is -0.464 e. The summed E-state index contributed by atoms with van der Waals surface area (Å²) in [6.07, 6.45) is 23.5. The first kappa shape index (κ1) is 23.7. The lowest BCUT2D eigenvalue weighted by atomic mass is 10.0. The highest BCUT2D eigenvalue weighted by Crippen LogP contribution is 2.13. The lowest BCUT2D eigenvalue weighted by Gasteiger charge is -2.09. The molecule has 1 heterocycles. The van der Waals surface area contributed by atoms with E-state index in [2.05, 4.69) is 24.4 Å². The van der Waals surface area contributed by atoms with Gasteiger partial charge in [-0.2, -0.15) is 0 Å². The van der Waals surface area contributed by atoms with Crippen molar-refractivity contribution < 1.29 is 14.3 Å². The minimum absolute atomic E-state index is 0.0446. The van der Waals surface area contributed by atoms with Crippen LogP contribution in [0.5, 0.6) is 0 Å². The van der Waals surface area contributed by atoms with Crippen molar-refractivity contribution in [1.29, 1.82) is 0 Å². The topological polar surface area (TPSA) is 55.4 Å². The molecule has 1 atom stereocenters. The summed E-state index contributed by atoms with van der Waals surface area (Å²) in [5.74, 6) is -0.310. The number of esters is 1. The highest BCUT2D eigenvalue weighted by atomic mass is 16.5. The molecule has 156 valence electrons. The van der Waals surface area contributed by atoms with Crippen LogP contribution in [0.1, 0.15) is 110 Å². The van der Waals surface area contributed by atoms with Gasteiger partial charge in [-0.15, -0.1) is 0 Å². The van der Waals surface area contributed by atoms with Gasteiger partial charge < -0.3 is 10.1 Å². The van der Waals surface area contributed by atoms with E-state index in [1.807, 2.05) is 0 Å². The Morgan fingerprint density at radius 3 is 2.00 bits per heavy atom. The summed E-state index contributed by atoms with van der Waals surface area (Å²) in [6, 6.07) is -0.407. The van der Waals surface area contributed by atoms with Crippen LogP contribution in [-0.4, -0.2) is 24.5 Å². The van der Waals surface area contributed by atoms with Crippen LogP contribution in [0.3, 0.4) is 0 Å². The van der Waals surface area contributed by atoms with Gasteiger partial charge in [-0.25, -0.2) is 4.79 Å². The molecule has 1 fully saturated rings. The maximum atomic E-state index is 11.7. The number of rotatable bonds is 17. The molecule has 4 heteroatoms. The van der Waals surface area contributed by atoms with Crippen molar-refractivity contribution >= 4 is 11.9 Å². The van der Waals surface area contributed by atoms with Crippen LogP contribution in [0.25, 0.3) is 0 Å². The molecule has 0 radical (unpaired) electrons. The second-order valence-electron chi connectivity index (χ2n) is 7.74. The van der Waals surface area contributed by atoms with Crippen LogP contribution < -0.4 is 5.32 Å². The molecule has 0 bridgehead atoms. The SMILES string of the molecule is CC/C=C/CCCCCCCCCCCCCCOC(=O)[C@@H]1CCC(=O)N1. The zero-order valence-electron chi connectivity index (χ0n) is 17.5. The number of nitrogens with one attached hydrogen (secondary N) is 1. The minimum atomic E-state index is -0.407. The van der Waals surface area contributed by atoms with Gasteiger partial charge in [0.25, 0.3) is 0 Å². The fourth-order valence-corrected chi connectivity index (χ4v) is 3.48. The molecule has 1 saturated heterocycles. The zero-order chi connectivity index (χ0) is 19.6. The molecule has 1 amide bonds. The second kappa shape index (κ2) is 16.8. The third-order valence-electron chi connectivity index (χ3n) is 5.19. The predicted molar refractivity (Wildman–Crippen MR) is 112 cm³/mol. The molecule has 4 nitrogen and oxygen atoms in total. The Kier molecular flexibility index (Phi) is 14.8. The van der Waals surface area contributed by atoms with Crippen LogP contribution in [0.4, 0.5) is 0 Å². The van der Waals surface area contributed by atoms with E-state index in [-0.39, 0.29) is 11.9 Å². The van der Waals surface area contributed by atoms with Crippen LogP contribution in [0.15, 0.2) is 12.2 Å². The van der Waals surface area contributed by atoms with Gasteiger partial charge in [0.05, 0.1) is 6.61 Å². The van der Waals surface area contributed by atoms with Crippen LogP contribution >= 0.6 is 0 Å². The number of ether oxygens (including phenoxy) is 1. The lowest BCUT2D eigenvalue weighted by Crippen LogP contribution is -2.34. The molecule has 0 aromatic heterocycles. The molecular formula is C23H41NO3. The molecule has 1 aliphatic heterocycles. The highest BCUT2D eigenvalue weighted by molar-refractivity contribution is 5.87. The Morgan fingerprint density at radius 2 is 1.48 bits per heavy atom. The average molecular weight is 380 g/mol. The molecule has 0 unspecified atom stereocenters. The molecule has 27 heavy (non-hydrogen) atoms. The van der Waals surface area contributed by atoms with E-state index in [0.717, 1.165) is 19.3 Å². The smallest absolute Gasteiger partial charge is 0.328 e. The molecular weight excluding hydrogens is 338 g/mol. The second-order valence-corrected chi connectivity index (χ2v) is 7.74. The Bertz CT molecular complexity index is 420. The summed E-state index contributed by atoms with van der Waals surface area (Å²) >= 11 is 0. The summed E-state index contributed by atoms with van der Waals surface area (Å²) in [5.41, 5.74) is 0. The van der Waals surface area contributed by atoms with Crippen molar-refractivity contribution in [2.24, 2.45) is 0 Å². The molecule has 0 saturated carbocycles. The van der Waals surface area contributed by atoms with E-state index in [9.17, 15) is 9.59 Å². The molecule has 1 rings (SSSR count). The van der Waals surface area contributed by atoms with Gasteiger partial charge in [0, 0.05) is 6.42 Å². The molecule has 0 spiro atoms. The van der Waals surface area contributed by atoms with E-state index in [1.54, 1.807) is 0 Å². The molecule has 1 N–H and O–H groups in total. The summed E-state index contributed by atoms with van der Waals surface area (Å²) in [4.78, 5) is 22.8. The highest BCUT2D eigenvalue weighted by Gasteiger charge is 2.28. The number of amides is 1. The van der Waals surface area contributed by atoms with E-state index >= 15 is 0 Å². The van der Waals surface area contributed by atoms with Crippen molar-refractivity contribution in [3.05, 3.63) is 12.2 Å². The van der Waals surface area contributed by atoms with Crippen LogP contribution in [0.2, 0.25) is 0 Å². The largest absolute Gasteiger partial charge is 0.464 e. The molecule has 0 aromatic rings. The lowest BCUT2D eigenvalue weighted by molar-refractivity contribution is -0.146. The maximum absolute atomic E-state index is 11.7. The van der Waals surface area contributed by atoms with Gasteiger partial charge in [-0.1, -0.05) is 83.3 Å². The number of hydrogen-bond acceptors (Lipinski definition) is 3. The van der Waals surface area contributed by atoms with Crippen LogP contribution in [0, 0.1) is 0 Å². The monoisotopic (exact) mass is 379 g/mol. The number of carbonyl (C=O) groups excluding carboxylic acids is 2. The van der Waals surface area contributed by atoms with E-state index in [1.165, 1.54) is 70.6 Å². The van der Waals surface area contributed by atoms with Crippen molar-refractivity contribution in [2.75, 3.05) is 6.61 Å². The normalized spacial score (nSPS) is 16.8. The summed E-state index contributed by atoms with van der Waals surface area (Å²) < 4.78 is 5.24. The molecule has 1 aliphatic rings. The summed E-state index contributed by atoms with van der Waals surface area (Å²) in [6.45, 7) is 2.67. The Hall–Kier alpha value is -1.32. The molecule has 0 aromatic carbocycles. The first-order chi connectivity index (χ1) is 13.2. The van der Waals surface area contributed by atoms with E-state index < -0.39 is 6.04 Å². The van der Waals surface area contributed by atoms with E-state index in [0.29, 0.717) is 19.4 Å². The zero-order valence-corrected chi connectivity index (χ0v) is 17.5. The number of carbonyl (C=O) groups is 2. The molecule has 0 aliphatic carbocycles. The average Bonchev–Trinajstić information content (AvgIpc) is 3.10. The van der Waals surface area contributed by atoms with Gasteiger partial charge in [0.15, 0.2) is 0 Å². The Labute approximate surface area is 166 Å². The van der Waals surface area contributed by atoms with Gasteiger partial charge in [-0.3, -0.25) is 4.79 Å². The number of allylic oxidation sites excluding steroid dienone is 2. The third kappa shape index (κ3) is 13.5. The van der Waals surface area contributed by atoms with Crippen molar-refractivity contribution in [3.8, 4) is 0 Å². The Morgan fingerprint density at radius 1 is 0.926 bits per heavy atom. The standard InChI is InChI=1S/C23H41NO3/c1-2-3-4-5-6-7-8-9-10-11-12-13-14-15-16-17-20-27-23(26)21-18-19-22(25)24-21/h3-4,21H,2,5-20H2,1H3,(H,24,25)/b4-3+/t21-/m0/s1. The summed E-state index contributed by atoms with van der Waals surface area (Å²) in [5, 5.41) is 2.64. The van der Waals surface area contributed by atoms with Gasteiger partial charge in [0.1, 0.15) is 6.04 Å². The quantitative estimate of drug-likeness (QED) is 0.196. The number of unbranched alkanes of at least 4 members (excludes halogenated alkanes) is 12. The van der Waals surface area contributed by atoms with Gasteiger partial charge >= 0.3 is 5.97 Å². The summed E-state index contributed by atoms with van der Waals surface area (Å²) in [7, 11) is 0. The third-order valence-corrected chi connectivity index (χ3v) is 5.19. The van der Waals surface area contributed by atoms with Crippen molar-refractivity contribution in [2.45, 2.75) is 116 Å². The first-order valence-electron chi connectivity index (χ1n) is 11.3. The van der Waals surface area contributed by atoms with Gasteiger partial charge in [0.2, 0.25) is 5.91 Å². The first-order valence-corrected chi connectivity index (χ1v) is 11.3. The van der Waals surface area contributed by atoms with Gasteiger partial charge in [-0.05, 0) is 32.1 Å². The fraction of sp³-hybridized carbons (Fsp3) is 0.826. The fourth-order valence-electron chi connectivity index (χ4n) is 3.48. The van der Waals surface area contributed by atoms with Crippen LogP contribution in [-0.2, 0) is 14.3 Å². The maximum Gasteiger partial charge on any atom is 0.328 e. The van der Waals surface area contributed by atoms with E-state index in [4.69, 9.17) is 4.74 Å². The number of hydrogen-bond donors (Lipinski definition) is 1. The van der Waals surface area contributed by atoms with Crippen molar-refractivity contribution in [1.82, 2.24) is 5.32 Å².